The molecule has 0 fully saturated rings. The summed E-state index contributed by atoms with van der Waals surface area (Å²) in [4.78, 5) is 55.2. The Morgan fingerprint density at radius 2 is 1.33 bits per heavy atom. The number of alkyl carbamates (subject to hydrolysis) is 2. The zero-order chi connectivity index (χ0) is 18.4. The number of carbonyl (C=O) groups is 5. The molecule has 10 heteroatoms. The van der Waals surface area contributed by atoms with Gasteiger partial charge in [-0.1, -0.05) is 6.92 Å². The number of hydrogen-bond acceptors (Lipinski definition) is 7. The molecule has 0 saturated carbocycles. The van der Waals surface area contributed by atoms with Gasteiger partial charge in [-0.3, -0.25) is 25.0 Å². The molecule has 0 spiro atoms. The monoisotopic (exact) mass is 345 g/mol. The van der Waals surface area contributed by atoms with E-state index in [-0.39, 0.29) is 38.9 Å². The molecule has 0 aromatic carbocycles. The first-order valence-corrected chi connectivity index (χ1v) is 7.56. The van der Waals surface area contributed by atoms with Crippen LogP contribution in [0.4, 0.5) is 9.59 Å². The minimum atomic E-state index is -0.883. The second-order valence-corrected chi connectivity index (χ2v) is 4.75. The molecule has 5 amide bonds. The van der Waals surface area contributed by atoms with E-state index in [1.807, 2.05) is 10.6 Å². The molecule has 0 aromatic rings. The van der Waals surface area contributed by atoms with Gasteiger partial charge in [-0.05, 0) is 19.3 Å². The number of hydrogen-bond donors (Lipinski definition) is 3. The van der Waals surface area contributed by atoms with Crippen LogP contribution in [-0.2, 0) is 23.9 Å². The van der Waals surface area contributed by atoms with Crippen molar-refractivity contribution in [2.24, 2.45) is 5.73 Å². The lowest BCUT2D eigenvalue weighted by Crippen LogP contribution is -2.32. The van der Waals surface area contributed by atoms with E-state index in [1.54, 1.807) is 6.92 Å². The molecule has 0 unspecified atom stereocenters. The third kappa shape index (κ3) is 13.0. The van der Waals surface area contributed by atoms with Crippen molar-refractivity contribution in [3.05, 3.63) is 0 Å². The zero-order valence-electron chi connectivity index (χ0n) is 13.6. The first-order valence-electron chi connectivity index (χ1n) is 7.56. The van der Waals surface area contributed by atoms with Crippen molar-refractivity contribution in [1.29, 1.82) is 0 Å². The van der Waals surface area contributed by atoms with E-state index in [9.17, 15) is 24.0 Å². The van der Waals surface area contributed by atoms with Crippen molar-refractivity contribution in [1.82, 2.24) is 10.6 Å². The van der Waals surface area contributed by atoms with Gasteiger partial charge in [0, 0.05) is 19.3 Å². The van der Waals surface area contributed by atoms with Gasteiger partial charge in [0.1, 0.15) is 0 Å². The van der Waals surface area contributed by atoms with Crippen molar-refractivity contribution in [3.8, 4) is 0 Å². The molecule has 0 aliphatic rings. The summed E-state index contributed by atoms with van der Waals surface area (Å²) < 4.78 is 9.42. The van der Waals surface area contributed by atoms with Crippen LogP contribution in [0.15, 0.2) is 0 Å². The van der Waals surface area contributed by atoms with E-state index in [1.165, 1.54) is 0 Å². The fourth-order valence-corrected chi connectivity index (χ4v) is 1.41. The Balaban J connectivity index is 3.64. The molecule has 0 radical (unpaired) electrons. The fourth-order valence-electron chi connectivity index (χ4n) is 1.41. The van der Waals surface area contributed by atoms with Crippen LogP contribution >= 0.6 is 0 Å². The summed E-state index contributed by atoms with van der Waals surface area (Å²) in [5.41, 5.74) is 4.95. The maximum Gasteiger partial charge on any atom is 0.413 e. The van der Waals surface area contributed by atoms with Gasteiger partial charge in [0.15, 0.2) is 0 Å². The average molecular weight is 345 g/mol. The summed E-state index contributed by atoms with van der Waals surface area (Å²) in [5.74, 6) is -1.47. The molecule has 4 N–H and O–H groups in total. The lowest BCUT2D eigenvalue weighted by molar-refractivity contribution is -0.121. The van der Waals surface area contributed by atoms with Crippen LogP contribution in [0, 0.1) is 0 Å². The van der Waals surface area contributed by atoms with Gasteiger partial charge in [-0.15, -0.1) is 0 Å². The van der Waals surface area contributed by atoms with Gasteiger partial charge in [0.25, 0.3) is 0 Å². The third-order valence-corrected chi connectivity index (χ3v) is 2.64. The van der Waals surface area contributed by atoms with Crippen LogP contribution in [0.1, 0.15) is 45.4 Å². The first kappa shape index (κ1) is 21.4. The fraction of sp³-hybridized carbons (Fsp3) is 0.643. The van der Waals surface area contributed by atoms with E-state index < -0.39 is 29.9 Å². The van der Waals surface area contributed by atoms with E-state index in [4.69, 9.17) is 10.5 Å². The number of ether oxygens (including phenoxy) is 2. The van der Waals surface area contributed by atoms with Crippen LogP contribution in [0.3, 0.4) is 0 Å². The van der Waals surface area contributed by atoms with Gasteiger partial charge >= 0.3 is 12.2 Å². The number of rotatable bonds is 10. The second-order valence-electron chi connectivity index (χ2n) is 4.75. The summed E-state index contributed by atoms with van der Waals surface area (Å²) >= 11 is 0. The number of imide groups is 2. The number of carbonyl (C=O) groups excluding carboxylic acids is 5. The molecule has 136 valence electrons. The van der Waals surface area contributed by atoms with Crippen molar-refractivity contribution in [2.45, 2.75) is 45.4 Å². The highest BCUT2D eigenvalue weighted by atomic mass is 16.6. The minimum Gasteiger partial charge on any atom is -0.449 e. The molecule has 0 aliphatic carbocycles. The first-order chi connectivity index (χ1) is 11.3. The average Bonchev–Trinajstić information content (AvgIpc) is 2.50. The predicted molar refractivity (Wildman–Crippen MR) is 81.6 cm³/mol. The Hall–Kier alpha value is -2.65. The molecule has 10 nitrogen and oxygen atoms in total. The Morgan fingerprint density at radius 3 is 1.88 bits per heavy atom. The topological polar surface area (TPSA) is 154 Å². The lowest BCUT2D eigenvalue weighted by atomic mass is 10.2. The molecule has 0 bridgehead atoms. The minimum absolute atomic E-state index is 0.0498. The van der Waals surface area contributed by atoms with Crippen LogP contribution in [0.25, 0.3) is 0 Å². The molecule has 0 heterocycles. The standard InChI is InChI=1S/C14H23N3O7/c1-2-11(19)16-13(21)24-9-5-7-12(20)17-14(22)23-8-4-3-6-10(15)18/h2-9H2,1H3,(H2,15,18)(H,16,19,21)(H,17,20,22). The van der Waals surface area contributed by atoms with E-state index in [0.29, 0.717) is 12.8 Å². The number of unbranched alkanes of at least 4 members (excludes halogenated alkanes) is 1. The van der Waals surface area contributed by atoms with Crippen LogP contribution in [0.2, 0.25) is 0 Å². The smallest absolute Gasteiger partial charge is 0.413 e. The van der Waals surface area contributed by atoms with Gasteiger partial charge in [0.2, 0.25) is 17.7 Å². The Morgan fingerprint density at radius 1 is 0.792 bits per heavy atom. The summed E-state index contributed by atoms with van der Waals surface area (Å²) in [6.07, 6.45) is -0.301. The summed E-state index contributed by atoms with van der Waals surface area (Å²) in [6.45, 7) is 1.59. The highest BCUT2D eigenvalue weighted by Crippen LogP contribution is 1.96. The zero-order valence-corrected chi connectivity index (χ0v) is 13.6. The summed E-state index contributed by atoms with van der Waals surface area (Å²) in [7, 11) is 0. The molecule has 0 aromatic heterocycles. The molecular formula is C14H23N3O7. The molecule has 0 aliphatic heterocycles. The van der Waals surface area contributed by atoms with Crippen LogP contribution < -0.4 is 16.4 Å². The summed E-state index contributed by atoms with van der Waals surface area (Å²) in [6, 6.07) is 0. The molecule has 0 rings (SSSR count). The number of nitrogens with one attached hydrogen (secondary N) is 2. The maximum atomic E-state index is 11.4. The lowest BCUT2D eigenvalue weighted by Gasteiger charge is -2.07. The van der Waals surface area contributed by atoms with Crippen molar-refractivity contribution in [2.75, 3.05) is 13.2 Å². The van der Waals surface area contributed by atoms with Crippen LogP contribution in [-0.4, -0.2) is 43.1 Å². The van der Waals surface area contributed by atoms with E-state index >= 15 is 0 Å². The van der Waals surface area contributed by atoms with Gasteiger partial charge in [0.05, 0.1) is 13.2 Å². The van der Waals surface area contributed by atoms with Gasteiger partial charge in [-0.2, -0.15) is 0 Å². The van der Waals surface area contributed by atoms with Gasteiger partial charge < -0.3 is 15.2 Å². The molecular weight excluding hydrogens is 322 g/mol. The molecule has 0 atom stereocenters. The van der Waals surface area contributed by atoms with E-state index in [2.05, 4.69) is 4.74 Å². The predicted octanol–water partition coefficient (Wildman–Crippen LogP) is 0.338. The highest BCUT2D eigenvalue weighted by Gasteiger charge is 2.10. The Bertz CT molecular complexity index is 465. The Labute approximate surface area is 139 Å². The largest absolute Gasteiger partial charge is 0.449 e. The number of amides is 5. The quantitative estimate of drug-likeness (QED) is 0.482. The Kier molecular flexibility index (Phi) is 11.4. The number of nitrogens with two attached hydrogens (primary N) is 1. The third-order valence-electron chi connectivity index (χ3n) is 2.64. The highest BCUT2D eigenvalue weighted by molar-refractivity contribution is 5.92. The number of primary amides is 1. The van der Waals surface area contributed by atoms with Crippen molar-refractivity contribution in [3.63, 3.8) is 0 Å². The SMILES string of the molecule is CCC(=O)NC(=O)OCCCC(=O)NC(=O)OCCCCC(N)=O. The molecule has 24 heavy (non-hydrogen) atoms. The normalized spacial score (nSPS) is 9.71. The van der Waals surface area contributed by atoms with Crippen molar-refractivity contribution < 1.29 is 33.4 Å². The van der Waals surface area contributed by atoms with Crippen LogP contribution in [0.5, 0.6) is 0 Å². The maximum absolute atomic E-state index is 11.4. The molecule has 0 saturated heterocycles. The van der Waals surface area contributed by atoms with Crippen molar-refractivity contribution >= 4 is 29.9 Å². The van der Waals surface area contributed by atoms with Gasteiger partial charge in [-0.25, -0.2) is 9.59 Å². The second kappa shape index (κ2) is 12.9. The van der Waals surface area contributed by atoms with E-state index in [0.717, 1.165) is 0 Å². The summed E-state index contributed by atoms with van der Waals surface area (Å²) in [5, 5.41) is 3.99.